The summed E-state index contributed by atoms with van der Waals surface area (Å²) in [6.07, 6.45) is 1.77. The lowest BCUT2D eigenvalue weighted by Crippen LogP contribution is -1.98. The minimum Gasteiger partial charge on any atom is -0.390 e. The van der Waals surface area contributed by atoms with E-state index in [1.807, 2.05) is 12.1 Å². The first-order chi connectivity index (χ1) is 4.88. The van der Waals surface area contributed by atoms with Crippen LogP contribution in [-0.4, -0.2) is 9.67 Å². The Bertz CT molecular complexity index is 246. The highest BCUT2D eigenvalue weighted by Crippen LogP contribution is 2.00. The fraction of sp³-hybridized carbons (Fsp3) is 0.286. The van der Waals surface area contributed by atoms with Crippen molar-refractivity contribution in [3.63, 3.8) is 0 Å². The van der Waals surface area contributed by atoms with E-state index < -0.39 is 0 Å². The number of aliphatic hydroxyl groups excluding tert-OH is 1. The van der Waals surface area contributed by atoms with Crippen LogP contribution in [0.1, 0.15) is 5.69 Å². The van der Waals surface area contributed by atoms with Gasteiger partial charge in [-0.15, -0.1) is 0 Å². The Morgan fingerprint density at radius 2 is 2.50 bits per heavy atom. The van der Waals surface area contributed by atoms with Gasteiger partial charge in [0, 0.05) is 11.9 Å². The number of hydrogen-bond donors (Lipinski definition) is 1. The second-order valence-electron chi connectivity index (χ2n) is 1.94. The average Bonchev–Trinajstić information content (AvgIpc) is 2.36. The molecule has 1 heterocycles. The molecule has 0 aliphatic rings. The third-order valence-corrected chi connectivity index (χ3v) is 1.33. The van der Waals surface area contributed by atoms with E-state index >= 15 is 0 Å². The van der Waals surface area contributed by atoms with Crippen LogP contribution in [0.4, 0.5) is 0 Å². The number of aliphatic hydroxyl groups is 1. The second-order valence-corrected chi connectivity index (χ2v) is 1.94. The molecule has 0 bridgehead atoms. The Morgan fingerprint density at radius 1 is 1.70 bits per heavy atom. The topological polar surface area (TPSA) is 49.0 Å². The minimum absolute atomic E-state index is 0.00528. The summed E-state index contributed by atoms with van der Waals surface area (Å²) in [5.74, 6) is 0. The van der Waals surface area contributed by atoms with E-state index in [0.29, 0.717) is 6.54 Å². The van der Waals surface area contributed by atoms with Crippen LogP contribution in [0.2, 0.25) is 0 Å². The Balaban J connectivity index is 2.82. The van der Waals surface area contributed by atoms with Crippen LogP contribution in [0.25, 0.3) is 0 Å². The maximum Gasteiger partial charge on any atom is 0.109 e. The van der Waals surface area contributed by atoms with E-state index in [0.717, 1.165) is 5.69 Å². The molecule has 0 radical (unpaired) electrons. The molecule has 0 spiro atoms. The van der Waals surface area contributed by atoms with E-state index in [4.69, 9.17) is 10.4 Å². The fourth-order valence-corrected chi connectivity index (χ4v) is 0.823. The van der Waals surface area contributed by atoms with Crippen LogP contribution in [0, 0.1) is 11.3 Å². The maximum absolute atomic E-state index is 8.70. The lowest BCUT2D eigenvalue weighted by atomic mass is 10.4. The van der Waals surface area contributed by atoms with Gasteiger partial charge in [-0.3, -0.25) is 0 Å². The largest absolute Gasteiger partial charge is 0.390 e. The van der Waals surface area contributed by atoms with Crippen molar-refractivity contribution in [2.45, 2.75) is 13.2 Å². The average molecular weight is 136 g/mol. The van der Waals surface area contributed by atoms with Crippen molar-refractivity contribution in [1.82, 2.24) is 4.57 Å². The summed E-state index contributed by atoms with van der Waals surface area (Å²) in [5.41, 5.74) is 0.779. The van der Waals surface area contributed by atoms with E-state index in [9.17, 15) is 0 Å². The van der Waals surface area contributed by atoms with Crippen molar-refractivity contribution in [2.24, 2.45) is 0 Å². The van der Waals surface area contributed by atoms with Gasteiger partial charge in [-0.25, -0.2) is 0 Å². The summed E-state index contributed by atoms with van der Waals surface area (Å²) < 4.78 is 1.71. The molecule has 0 saturated carbocycles. The van der Waals surface area contributed by atoms with Gasteiger partial charge in [-0.05, 0) is 12.1 Å². The molecule has 0 amide bonds. The van der Waals surface area contributed by atoms with E-state index in [1.165, 1.54) is 0 Å². The second kappa shape index (κ2) is 3.04. The maximum atomic E-state index is 8.70. The smallest absolute Gasteiger partial charge is 0.109 e. The predicted octanol–water partition coefficient (Wildman–Crippen LogP) is 0.504. The van der Waals surface area contributed by atoms with Crippen LogP contribution in [0.3, 0.4) is 0 Å². The van der Waals surface area contributed by atoms with Crippen molar-refractivity contribution in [1.29, 1.82) is 5.26 Å². The number of aromatic nitrogens is 1. The predicted molar refractivity (Wildman–Crippen MR) is 36.0 cm³/mol. The summed E-state index contributed by atoms with van der Waals surface area (Å²) in [4.78, 5) is 0. The van der Waals surface area contributed by atoms with Gasteiger partial charge in [0.05, 0.1) is 12.7 Å². The van der Waals surface area contributed by atoms with E-state index in [1.54, 1.807) is 16.8 Å². The first-order valence-electron chi connectivity index (χ1n) is 3.00. The van der Waals surface area contributed by atoms with Gasteiger partial charge >= 0.3 is 0 Å². The van der Waals surface area contributed by atoms with Crippen molar-refractivity contribution in [3.8, 4) is 6.07 Å². The molecule has 1 rings (SSSR count). The number of nitriles is 1. The summed E-state index contributed by atoms with van der Waals surface area (Å²) in [6, 6.07) is 5.59. The van der Waals surface area contributed by atoms with Gasteiger partial charge in [0.2, 0.25) is 0 Å². The molecule has 10 heavy (non-hydrogen) atoms. The molecule has 3 nitrogen and oxygen atoms in total. The molecule has 52 valence electrons. The summed E-state index contributed by atoms with van der Waals surface area (Å²) >= 11 is 0. The highest BCUT2D eigenvalue weighted by molar-refractivity contribution is 5.06. The number of rotatable bonds is 2. The standard InChI is InChI=1S/C7H8N2O/c8-3-5-9-4-1-2-7(9)6-10/h1-2,4,10H,5-6H2. The molecule has 0 aromatic carbocycles. The van der Waals surface area contributed by atoms with Gasteiger partial charge in [-0.1, -0.05) is 0 Å². The van der Waals surface area contributed by atoms with Crippen LogP contribution in [0.15, 0.2) is 18.3 Å². The number of hydrogen-bond acceptors (Lipinski definition) is 2. The molecule has 1 aromatic rings. The molecule has 0 aliphatic heterocycles. The van der Waals surface area contributed by atoms with Crippen LogP contribution in [-0.2, 0) is 13.2 Å². The van der Waals surface area contributed by atoms with Crippen molar-refractivity contribution in [2.75, 3.05) is 0 Å². The first-order valence-corrected chi connectivity index (χ1v) is 3.00. The number of nitrogens with zero attached hydrogens (tertiary/aromatic N) is 2. The van der Waals surface area contributed by atoms with Crippen LogP contribution in [0.5, 0.6) is 0 Å². The van der Waals surface area contributed by atoms with Gasteiger partial charge in [0.25, 0.3) is 0 Å². The fourth-order valence-electron chi connectivity index (χ4n) is 0.823. The lowest BCUT2D eigenvalue weighted by Gasteiger charge is -1.98. The van der Waals surface area contributed by atoms with Crippen LogP contribution >= 0.6 is 0 Å². The molecule has 0 unspecified atom stereocenters. The Morgan fingerprint density at radius 3 is 3.10 bits per heavy atom. The molecule has 3 heteroatoms. The third-order valence-electron chi connectivity index (χ3n) is 1.33. The molecular formula is C7H8N2O. The SMILES string of the molecule is N#CCn1cccc1CO. The quantitative estimate of drug-likeness (QED) is 0.643. The van der Waals surface area contributed by atoms with Crippen molar-refractivity contribution >= 4 is 0 Å². The minimum atomic E-state index is -0.00528. The van der Waals surface area contributed by atoms with Gasteiger partial charge < -0.3 is 9.67 Å². The summed E-state index contributed by atoms with van der Waals surface area (Å²) in [6.45, 7) is 0.303. The van der Waals surface area contributed by atoms with E-state index in [-0.39, 0.29) is 6.61 Å². The first kappa shape index (κ1) is 6.84. The summed E-state index contributed by atoms with van der Waals surface area (Å²) in [5, 5.41) is 17.0. The molecule has 0 saturated heterocycles. The van der Waals surface area contributed by atoms with Crippen molar-refractivity contribution in [3.05, 3.63) is 24.0 Å². The molecule has 0 fully saturated rings. The van der Waals surface area contributed by atoms with E-state index in [2.05, 4.69) is 0 Å². The highest BCUT2D eigenvalue weighted by atomic mass is 16.3. The van der Waals surface area contributed by atoms with Crippen molar-refractivity contribution < 1.29 is 5.11 Å². The van der Waals surface area contributed by atoms with Crippen LogP contribution < -0.4 is 0 Å². The molecule has 0 atom stereocenters. The normalized spacial score (nSPS) is 9.20. The molecule has 0 aliphatic carbocycles. The molecule has 1 N–H and O–H groups in total. The van der Waals surface area contributed by atoms with Gasteiger partial charge in [0.1, 0.15) is 6.54 Å². The van der Waals surface area contributed by atoms with Gasteiger partial charge in [-0.2, -0.15) is 5.26 Å². The monoisotopic (exact) mass is 136 g/mol. The van der Waals surface area contributed by atoms with Gasteiger partial charge in [0.15, 0.2) is 0 Å². The zero-order chi connectivity index (χ0) is 7.40. The Labute approximate surface area is 59.1 Å². The lowest BCUT2D eigenvalue weighted by molar-refractivity contribution is 0.272. The molecule has 1 aromatic heterocycles. The zero-order valence-electron chi connectivity index (χ0n) is 5.49. The zero-order valence-corrected chi connectivity index (χ0v) is 5.49. The summed E-state index contributed by atoms with van der Waals surface area (Å²) in [7, 11) is 0. The Hall–Kier alpha value is -1.27. The molecular weight excluding hydrogens is 128 g/mol. The highest BCUT2D eigenvalue weighted by Gasteiger charge is 1.95. The third kappa shape index (κ3) is 1.17. The Kier molecular flexibility index (Phi) is 2.08.